The monoisotopic (exact) mass is 311 g/mol. The zero-order valence-electron chi connectivity index (χ0n) is 12.3. The molecule has 1 saturated heterocycles. The number of benzene rings is 1. The molecule has 7 heteroatoms. The molecule has 1 fully saturated rings. The minimum atomic E-state index is -3.25. The van der Waals surface area contributed by atoms with Crippen LogP contribution in [0.5, 0.6) is 0 Å². The van der Waals surface area contributed by atoms with E-state index in [4.69, 9.17) is 5.73 Å². The molecule has 0 saturated carbocycles. The molecule has 0 aliphatic carbocycles. The number of carbonyl (C=O) groups is 1. The Balaban J connectivity index is 2.40. The fourth-order valence-electron chi connectivity index (χ4n) is 2.62. The van der Waals surface area contributed by atoms with Crippen LogP contribution in [0.15, 0.2) is 29.2 Å². The summed E-state index contributed by atoms with van der Waals surface area (Å²) in [6.07, 6.45) is 1.16. The molecule has 0 bridgehead atoms. The zero-order valence-corrected chi connectivity index (χ0v) is 13.1. The molecule has 1 aliphatic rings. The first-order valence-corrected chi connectivity index (χ1v) is 8.71. The Morgan fingerprint density at radius 1 is 1.24 bits per heavy atom. The lowest BCUT2D eigenvalue weighted by Gasteiger charge is -2.41. The van der Waals surface area contributed by atoms with E-state index in [9.17, 15) is 13.2 Å². The lowest BCUT2D eigenvalue weighted by Crippen LogP contribution is -2.58. The van der Waals surface area contributed by atoms with Gasteiger partial charge in [0.1, 0.15) is 5.54 Å². The first-order valence-electron chi connectivity index (χ1n) is 6.82. The van der Waals surface area contributed by atoms with E-state index in [1.54, 1.807) is 19.1 Å². The van der Waals surface area contributed by atoms with Crippen LogP contribution in [-0.4, -0.2) is 51.7 Å². The summed E-state index contributed by atoms with van der Waals surface area (Å²) in [7, 11) is -3.25. The Hall–Kier alpha value is -1.44. The number of hydrogen-bond acceptors (Lipinski definition) is 5. The molecule has 6 nitrogen and oxygen atoms in total. The second-order valence-corrected chi connectivity index (χ2v) is 7.49. The Kier molecular flexibility index (Phi) is 4.36. The van der Waals surface area contributed by atoms with Crippen molar-refractivity contribution < 1.29 is 13.2 Å². The number of piperazine rings is 1. The summed E-state index contributed by atoms with van der Waals surface area (Å²) in [5.41, 5.74) is 5.42. The Morgan fingerprint density at radius 3 is 2.19 bits per heavy atom. The predicted octanol–water partition coefficient (Wildman–Crippen LogP) is -0.304. The van der Waals surface area contributed by atoms with Crippen molar-refractivity contribution in [3.05, 3.63) is 29.8 Å². The molecular weight excluding hydrogens is 290 g/mol. The number of nitrogens with one attached hydrogen (secondary N) is 1. The molecule has 1 amide bonds. The zero-order chi connectivity index (χ0) is 15.7. The molecule has 0 aromatic heterocycles. The Morgan fingerprint density at radius 2 is 1.76 bits per heavy atom. The highest BCUT2D eigenvalue weighted by atomic mass is 32.2. The van der Waals surface area contributed by atoms with E-state index in [1.165, 1.54) is 12.1 Å². The third-order valence-corrected chi connectivity index (χ3v) is 5.20. The van der Waals surface area contributed by atoms with Gasteiger partial charge < -0.3 is 11.1 Å². The van der Waals surface area contributed by atoms with Crippen LogP contribution < -0.4 is 11.1 Å². The Labute approximate surface area is 125 Å². The molecule has 3 N–H and O–H groups in total. The third-order valence-electron chi connectivity index (χ3n) is 4.07. The number of nitrogens with two attached hydrogens (primary N) is 1. The van der Waals surface area contributed by atoms with Crippen LogP contribution in [0.25, 0.3) is 0 Å². The highest BCUT2D eigenvalue weighted by Crippen LogP contribution is 2.29. The summed E-state index contributed by atoms with van der Waals surface area (Å²) >= 11 is 0. The van der Waals surface area contributed by atoms with E-state index < -0.39 is 21.3 Å². The molecule has 1 aliphatic heterocycles. The highest BCUT2D eigenvalue weighted by molar-refractivity contribution is 7.90. The SMILES string of the molecule is CC(C(N)=O)(c1ccc(S(C)(=O)=O)cc1)N1CCNCC1. The molecule has 1 heterocycles. The largest absolute Gasteiger partial charge is 0.368 e. The summed E-state index contributed by atoms with van der Waals surface area (Å²) in [6.45, 7) is 4.81. The van der Waals surface area contributed by atoms with Gasteiger partial charge in [0.2, 0.25) is 5.91 Å². The first kappa shape index (κ1) is 15.9. The van der Waals surface area contributed by atoms with Crippen LogP contribution in [-0.2, 0) is 20.2 Å². The molecule has 1 unspecified atom stereocenters. The number of nitrogens with zero attached hydrogens (tertiary/aromatic N) is 1. The second-order valence-electron chi connectivity index (χ2n) is 5.47. The lowest BCUT2D eigenvalue weighted by molar-refractivity contribution is -0.130. The minimum Gasteiger partial charge on any atom is -0.368 e. The van der Waals surface area contributed by atoms with Crippen molar-refractivity contribution in [3.8, 4) is 0 Å². The highest BCUT2D eigenvalue weighted by Gasteiger charge is 2.40. The van der Waals surface area contributed by atoms with Crippen molar-refractivity contribution in [3.63, 3.8) is 0 Å². The van der Waals surface area contributed by atoms with E-state index in [1.807, 2.05) is 4.90 Å². The first-order chi connectivity index (χ1) is 9.76. The smallest absolute Gasteiger partial charge is 0.242 e. The lowest BCUT2D eigenvalue weighted by atomic mass is 9.88. The van der Waals surface area contributed by atoms with Gasteiger partial charge >= 0.3 is 0 Å². The van der Waals surface area contributed by atoms with Gasteiger partial charge in [0.25, 0.3) is 0 Å². The van der Waals surface area contributed by atoms with Crippen LogP contribution in [0.3, 0.4) is 0 Å². The molecule has 0 spiro atoms. The van der Waals surface area contributed by atoms with Gasteiger partial charge in [-0.15, -0.1) is 0 Å². The van der Waals surface area contributed by atoms with Crippen molar-refractivity contribution in [1.82, 2.24) is 10.2 Å². The standard InChI is InChI=1S/C14H21N3O3S/c1-14(13(15)18,17-9-7-16-8-10-17)11-3-5-12(6-4-11)21(2,19)20/h3-6,16H,7-10H2,1-2H3,(H2,15,18). The van der Waals surface area contributed by atoms with Gasteiger partial charge in [-0.2, -0.15) is 0 Å². The van der Waals surface area contributed by atoms with E-state index >= 15 is 0 Å². The van der Waals surface area contributed by atoms with Crippen molar-refractivity contribution in [2.24, 2.45) is 5.73 Å². The number of primary amides is 1. The normalized spacial score (nSPS) is 19.9. The number of sulfone groups is 1. The van der Waals surface area contributed by atoms with E-state index in [0.717, 1.165) is 19.3 Å². The van der Waals surface area contributed by atoms with Crippen LogP contribution >= 0.6 is 0 Å². The van der Waals surface area contributed by atoms with Crippen molar-refractivity contribution in [1.29, 1.82) is 0 Å². The maximum absolute atomic E-state index is 12.0. The summed E-state index contributed by atoms with van der Waals surface area (Å²) < 4.78 is 23.0. The second kappa shape index (κ2) is 5.75. The quantitative estimate of drug-likeness (QED) is 0.796. The van der Waals surface area contributed by atoms with Gasteiger partial charge in [0.15, 0.2) is 9.84 Å². The fourth-order valence-corrected chi connectivity index (χ4v) is 3.25. The van der Waals surface area contributed by atoms with E-state index in [2.05, 4.69) is 5.32 Å². The maximum Gasteiger partial charge on any atom is 0.242 e. The summed E-state index contributed by atoms with van der Waals surface area (Å²) in [4.78, 5) is 14.3. The number of rotatable bonds is 4. The molecule has 1 aromatic carbocycles. The molecule has 1 atom stereocenters. The topological polar surface area (TPSA) is 92.5 Å². The molecular formula is C14H21N3O3S. The van der Waals surface area contributed by atoms with Gasteiger partial charge in [0.05, 0.1) is 4.90 Å². The number of amides is 1. The van der Waals surface area contributed by atoms with Crippen LogP contribution in [0.1, 0.15) is 12.5 Å². The maximum atomic E-state index is 12.0. The average Bonchev–Trinajstić information content (AvgIpc) is 2.46. The summed E-state index contributed by atoms with van der Waals surface area (Å²) in [6, 6.07) is 6.38. The number of hydrogen-bond donors (Lipinski definition) is 2. The fraction of sp³-hybridized carbons (Fsp3) is 0.500. The summed E-state index contributed by atoms with van der Waals surface area (Å²) in [5, 5.41) is 3.23. The molecule has 1 aromatic rings. The predicted molar refractivity (Wildman–Crippen MR) is 80.5 cm³/mol. The minimum absolute atomic E-state index is 0.235. The van der Waals surface area contributed by atoms with Gasteiger partial charge in [-0.05, 0) is 24.6 Å². The van der Waals surface area contributed by atoms with Gasteiger partial charge in [-0.3, -0.25) is 9.69 Å². The third kappa shape index (κ3) is 3.09. The number of carbonyl (C=O) groups excluding carboxylic acids is 1. The van der Waals surface area contributed by atoms with Crippen LogP contribution in [0, 0.1) is 0 Å². The summed E-state index contributed by atoms with van der Waals surface area (Å²) in [5.74, 6) is -0.434. The van der Waals surface area contributed by atoms with E-state index in [-0.39, 0.29) is 4.90 Å². The molecule has 116 valence electrons. The van der Waals surface area contributed by atoms with Crippen LogP contribution in [0.2, 0.25) is 0 Å². The van der Waals surface area contributed by atoms with Gasteiger partial charge in [0, 0.05) is 32.4 Å². The van der Waals surface area contributed by atoms with Crippen molar-refractivity contribution >= 4 is 15.7 Å². The van der Waals surface area contributed by atoms with E-state index in [0.29, 0.717) is 18.7 Å². The Bertz CT molecular complexity index is 621. The molecule has 21 heavy (non-hydrogen) atoms. The molecule has 2 rings (SSSR count). The van der Waals surface area contributed by atoms with Crippen LogP contribution in [0.4, 0.5) is 0 Å². The van der Waals surface area contributed by atoms with Gasteiger partial charge in [-0.25, -0.2) is 8.42 Å². The molecule has 0 radical (unpaired) electrons. The van der Waals surface area contributed by atoms with Gasteiger partial charge in [-0.1, -0.05) is 12.1 Å². The van der Waals surface area contributed by atoms with Crippen molar-refractivity contribution in [2.45, 2.75) is 17.4 Å². The average molecular weight is 311 g/mol. The van der Waals surface area contributed by atoms with Crippen molar-refractivity contribution in [2.75, 3.05) is 32.4 Å².